The molecule has 0 radical (unpaired) electrons. The van der Waals surface area contributed by atoms with E-state index in [0.717, 1.165) is 16.5 Å². The molecule has 0 heterocycles. The van der Waals surface area contributed by atoms with Crippen LogP contribution in [0.1, 0.15) is 12.5 Å². The molecule has 0 aliphatic rings. The molecule has 3 aromatic rings. The largest absolute Gasteiger partial charge is 0.493 e. The number of carbonyl (C=O) groups excluding carboxylic acids is 1. The number of nitrogens with zero attached hydrogens (tertiary/aromatic N) is 1. The van der Waals surface area contributed by atoms with E-state index in [-0.39, 0.29) is 5.91 Å². The predicted molar refractivity (Wildman–Crippen MR) is 119 cm³/mol. The van der Waals surface area contributed by atoms with Gasteiger partial charge in [0.2, 0.25) is 5.75 Å². The summed E-state index contributed by atoms with van der Waals surface area (Å²) in [7, 11) is 4.62. The Morgan fingerprint density at radius 2 is 1.63 bits per heavy atom. The lowest BCUT2D eigenvalue weighted by Gasteiger charge is -2.15. The van der Waals surface area contributed by atoms with Gasteiger partial charge in [0.05, 0.1) is 27.5 Å². The highest BCUT2D eigenvalue weighted by Gasteiger charge is 2.14. The molecule has 0 bridgehead atoms. The van der Waals surface area contributed by atoms with Crippen molar-refractivity contribution in [3.63, 3.8) is 0 Å². The van der Waals surface area contributed by atoms with Crippen LogP contribution in [0.25, 0.3) is 10.8 Å². The highest BCUT2D eigenvalue weighted by Crippen LogP contribution is 2.37. The van der Waals surface area contributed by atoms with Gasteiger partial charge in [-0.05, 0) is 30.5 Å². The van der Waals surface area contributed by atoms with Crippen LogP contribution in [0.5, 0.6) is 17.2 Å². The zero-order chi connectivity index (χ0) is 21.5. The topological polar surface area (TPSA) is 81.2 Å². The summed E-state index contributed by atoms with van der Waals surface area (Å²) in [5.41, 5.74) is 4.14. The van der Waals surface area contributed by atoms with Gasteiger partial charge in [0, 0.05) is 16.6 Å². The van der Waals surface area contributed by atoms with Gasteiger partial charge in [-0.2, -0.15) is 5.10 Å². The first-order valence-corrected chi connectivity index (χ1v) is 9.44. The third-order valence-corrected chi connectivity index (χ3v) is 4.63. The van der Waals surface area contributed by atoms with Crippen molar-refractivity contribution in [3.05, 3.63) is 60.2 Å². The Bertz CT molecular complexity index is 1030. The highest BCUT2D eigenvalue weighted by molar-refractivity contribution is 5.96. The van der Waals surface area contributed by atoms with Gasteiger partial charge in [-0.3, -0.25) is 4.79 Å². The molecule has 3 rings (SSSR count). The molecule has 1 amide bonds. The van der Waals surface area contributed by atoms with E-state index >= 15 is 0 Å². The molecule has 0 saturated heterocycles. The fourth-order valence-corrected chi connectivity index (χ4v) is 3.09. The van der Waals surface area contributed by atoms with Gasteiger partial charge in [0.15, 0.2) is 11.5 Å². The molecule has 0 aromatic heterocycles. The first-order valence-electron chi connectivity index (χ1n) is 9.44. The molecular formula is C23H25N3O4. The van der Waals surface area contributed by atoms with E-state index in [4.69, 9.17) is 14.2 Å². The fourth-order valence-electron chi connectivity index (χ4n) is 3.09. The van der Waals surface area contributed by atoms with E-state index in [0.29, 0.717) is 22.8 Å². The first kappa shape index (κ1) is 21.0. The fraction of sp³-hybridized carbons (Fsp3) is 0.217. The van der Waals surface area contributed by atoms with Crippen molar-refractivity contribution >= 4 is 28.6 Å². The van der Waals surface area contributed by atoms with Crippen LogP contribution in [0, 0.1) is 0 Å². The summed E-state index contributed by atoms with van der Waals surface area (Å²) in [6.45, 7) is 1.78. The minimum absolute atomic E-state index is 0.258. The molecule has 1 atom stereocenters. The molecule has 0 unspecified atom stereocenters. The number of nitrogens with one attached hydrogen (secondary N) is 2. The zero-order valence-electron chi connectivity index (χ0n) is 17.4. The number of hydrogen-bond acceptors (Lipinski definition) is 6. The normalized spacial score (nSPS) is 11.9. The summed E-state index contributed by atoms with van der Waals surface area (Å²) >= 11 is 0. The van der Waals surface area contributed by atoms with Crippen molar-refractivity contribution in [3.8, 4) is 17.2 Å². The molecule has 30 heavy (non-hydrogen) atoms. The van der Waals surface area contributed by atoms with Crippen molar-refractivity contribution in [2.45, 2.75) is 13.0 Å². The number of carbonyl (C=O) groups is 1. The molecule has 7 heteroatoms. The molecule has 7 nitrogen and oxygen atoms in total. The summed E-state index contributed by atoms with van der Waals surface area (Å²) in [5, 5.41) is 9.46. The average molecular weight is 407 g/mol. The number of benzene rings is 3. The Labute approximate surface area is 175 Å². The van der Waals surface area contributed by atoms with E-state index in [9.17, 15) is 4.79 Å². The van der Waals surface area contributed by atoms with Crippen LogP contribution in [-0.2, 0) is 4.79 Å². The van der Waals surface area contributed by atoms with E-state index < -0.39 is 6.04 Å². The lowest BCUT2D eigenvalue weighted by Crippen LogP contribution is -2.34. The van der Waals surface area contributed by atoms with Gasteiger partial charge in [-0.1, -0.05) is 36.4 Å². The molecule has 0 aliphatic heterocycles. The number of anilines is 1. The maximum absolute atomic E-state index is 12.5. The minimum atomic E-state index is -0.479. The van der Waals surface area contributed by atoms with Gasteiger partial charge in [-0.15, -0.1) is 0 Å². The van der Waals surface area contributed by atoms with Crippen LogP contribution in [0.3, 0.4) is 0 Å². The molecule has 3 aromatic carbocycles. The average Bonchev–Trinajstić information content (AvgIpc) is 2.78. The minimum Gasteiger partial charge on any atom is -0.493 e. The van der Waals surface area contributed by atoms with E-state index in [1.807, 2.05) is 42.5 Å². The Morgan fingerprint density at radius 3 is 2.30 bits per heavy atom. The van der Waals surface area contributed by atoms with Gasteiger partial charge in [0.25, 0.3) is 5.91 Å². The van der Waals surface area contributed by atoms with Crippen molar-refractivity contribution in [2.75, 3.05) is 26.6 Å². The highest BCUT2D eigenvalue weighted by atomic mass is 16.5. The zero-order valence-corrected chi connectivity index (χ0v) is 17.4. The summed E-state index contributed by atoms with van der Waals surface area (Å²) in [4.78, 5) is 12.5. The molecule has 156 valence electrons. The number of methoxy groups -OCH3 is 3. The number of ether oxygens (including phenoxy) is 3. The summed E-state index contributed by atoms with van der Waals surface area (Å²) < 4.78 is 15.9. The molecule has 0 spiro atoms. The number of hydrazone groups is 1. The number of hydrogen-bond donors (Lipinski definition) is 2. The summed E-state index contributed by atoms with van der Waals surface area (Å²) in [5.74, 6) is 1.26. The summed E-state index contributed by atoms with van der Waals surface area (Å²) in [6.07, 6.45) is 1.52. The Hall–Kier alpha value is -3.74. The molecule has 2 N–H and O–H groups in total. The SMILES string of the molecule is COc1cc(/C=N\NC(=O)[C@@H](C)Nc2cccc3ccccc23)cc(OC)c1OC. The van der Waals surface area contributed by atoms with E-state index in [1.165, 1.54) is 6.21 Å². The van der Waals surface area contributed by atoms with Crippen molar-refractivity contribution < 1.29 is 19.0 Å². The van der Waals surface area contributed by atoms with Gasteiger partial charge in [-0.25, -0.2) is 5.43 Å². The maximum atomic E-state index is 12.5. The predicted octanol–water partition coefficient (Wildman–Crippen LogP) is 3.82. The third-order valence-electron chi connectivity index (χ3n) is 4.63. The molecule has 0 aliphatic carbocycles. The van der Waals surface area contributed by atoms with Gasteiger partial charge < -0.3 is 19.5 Å². The quantitative estimate of drug-likeness (QED) is 0.438. The lowest BCUT2D eigenvalue weighted by atomic mass is 10.1. The second-order valence-corrected chi connectivity index (χ2v) is 6.59. The molecule has 0 fully saturated rings. The van der Waals surface area contributed by atoms with Gasteiger partial charge >= 0.3 is 0 Å². The standard InChI is InChI=1S/C23H25N3O4/c1-15(25-19-11-7-9-17-8-5-6-10-18(17)19)23(27)26-24-14-16-12-20(28-2)22(30-4)21(13-16)29-3/h5-15,25H,1-4H3,(H,26,27)/b24-14-/t15-/m1/s1. The summed E-state index contributed by atoms with van der Waals surface area (Å²) in [6, 6.07) is 17.0. The van der Waals surface area contributed by atoms with E-state index in [2.05, 4.69) is 15.8 Å². The molecule has 0 saturated carbocycles. The van der Waals surface area contributed by atoms with Crippen LogP contribution < -0.4 is 25.0 Å². The third kappa shape index (κ3) is 4.63. The number of fused-ring (bicyclic) bond motifs is 1. The van der Waals surface area contributed by atoms with Crippen molar-refractivity contribution in [1.82, 2.24) is 5.43 Å². The Kier molecular flexibility index (Phi) is 6.75. The Balaban J connectivity index is 1.68. The van der Waals surface area contributed by atoms with Crippen molar-refractivity contribution in [2.24, 2.45) is 5.10 Å². The maximum Gasteiger partial charge on any atom is 0.262 e. The lowest BCUT2D eigenvalue weighted by molar-refractivity contribution is -0.121. The second kappa shape index (κ2) is 9.65. The smallest absolute Gasteiger partial charge is 0.262 e. The first-order chi connectivity index (χ1) is 14.6. The van der Waals surface area contributed by atoms with Crippen LogP contribution in [0.4, 0.5) is 5.69 Å². The number of rotatable bonds is 8. The van der Waals surface area contributed by atoms with Crippen LogP contribution in [0.2, 0.25) is 0 Å². The number of amides is 1. The second-order valence-electron chi connectivity index (χ2n) is 6.59. The van der Waals surface area contributed by atoms with Crippen molar-refractivity contribution in [1.29, 1.82) is 0 Å². The van der Waals surface area contributed by atoms with E-state index in [1.54, 1.807) is 40.4 Å². The van der Waals surface area contributed by atoms with Crippen LogP contribution in [0.15, 0.2) is 59.7 Å². The van der Waals surface area contributed by atoms with Gasteiger partial charge in [0.1, 0.15) is 6.04 Å². The monoisotopic (exact) mass is 407 g/mol. The Morgan fingerprint density at radius 1 is 0.967 bits per heavy atom. The molecular weight excluding hydrogens is 382 g/mol. The van der Waals surface area contributed by atoms with Crippen LogP contribution in [-0.4, -0.2) is 39.5 Å². The van der Waals surface area contributed by atoms with Crippen LogP contribution >= 0.6 is 0 Å².